The van der Waals surface area contributed by atoms with Crippen LogP contribution in [0.4, 0.5) is 11.4 Å². The van der Waals surface area contributed by atoms with Crippen molar-refractivity contribution in [1.82, 2.24) is 5.43 Å². The summed E-state index contributed by atoms with van der Waals surface area (Å²) in [5, 5.41) is 27.1. The molecule has 0 saturated heterocycles. The van der Waals surface area contributed by atoms with Gasteiger partial charge in [0.15, 0.2) is 0 Å². The fourth-order valence-corrected chi connectivity index (χ4v) is 1.63. The zero-order chi connectivity index (χ0) is 19.5. The molecule has 26 heavy (non-hydrogen) atoms. The van der Waals surface area contributed by atoms with Gasteiger partial charge in [0.1, 0.15) is 11.8 Å². The van der Waals surface area contributed by atoms with E-state index in [1.807, 2.05) is 0 Å². The molecule has 0 atom stereocenters. The summed E-state index contributed by atoms with van der Waals surface area (Å²) in [5.74, 6) is -1.45. The number of nitrogens with one attached hydrogen (secondary N) is 2. The van der Waals surface area contributed by atoms with Crippen LogP contribution in [0.3, 0.4) is 0 Å². The third-order valence-electron chi connectivity index (χ3n) is 2.76. The lowest BCUT2D eigenvalue weighted by molar-refractivity contribution is -0.384. The SMILES string of the molecule is CCOC(=O)C/C(C)=N\NC(=O)/C(C#N)=N\Nc1ccccc1[N+](=O)[O-]. The number of nitro benzene ring substituents is 1. The van der Waals surface area contributed by atoms with Gasteiger partial charge in [0.05, 0.1) is 18.0 Å². The highest BCUT2D eigenvalue weighted by molar-refractivity contribution is 6.45. The molecule has 0 aliphatic carbocycles. The number of nitrogens with zero attached hydrogens (tertiary/aromatic N) is 4. The van der Waals surface area contributed by atoms with Crippen LogP contribution in [0.1, 0.15) is 20.3 Å². The van der Waals surface area contributed by atoms with Crippen molar-refractivity contribution in [3.8, 4) is 6.07 Å². The fraction of sp³-hybridized carbons (Fsp3) is 0.267. The average Bonchev–Trinajstić information content (AvgIpc) is 2.60. The zero-order valence-corrected chi connectivity index (χ0v) is 14.1. The number of benzene rings is 1. The Morgan fingerprint density at radius 3 is 2.65 bits per heavy atom. The van der Waals surface area contributed by atoms with Crippen LogP contribution < -0.4 is 10.9 Å². The number of ether oxygens (including phenoxy) is 1. The first-order valence-corrected chi connectivity index (χ1v) is 7.35. The van der Waals surface area contributed by atoms with Crippen LogP contribution >= 0.6 is 0 Å². The molecule has 0 unspecified atom stereocenters. The molecule has 0 heterocycles. The van der Waals surface area contributed by atoms with Crippen molar-refractivity contribution in [1.29, 1.82) is 5.26 Å². The summed E-state index contributed by atoms with van der Waals surface area (Å²) in [7, 11) is 0. The van der Waals surface area contributed by atoms with Crippen LogP contribution in [0, 0.1) is 21.4 Å². The minimum absolute atomic E-state index is 0.0139. The number of nitriles is 1. The number of esters is 1. The molecule has 0 saturated carbocycles. The van der Waals surface area contributed by atoms with E-state index in [4.69, 9.17) is 10.00 Å². The van der Waals surface area contributed by atoms with Crippen LogP contribution in [0.2, 0.25) is 0 Å². The van der Waals surface area contributed by atoms with Crippen LogP contribution in [0.15, 0.2) is 34.5 Å². The van der Waals surface area contributed by atoms with Crippen LogP contribution in [-0.4, -0.2) is 34.8 Å². The Morgan fingerprint density at radius 1 is 1.35 bits per heavy atom. The Kier molecular flexibility index (Phi) is 7.89. The van der Waals surface area contributed by atoms with Gasteiger partial charge in [-0.2, -0.15) is 15.5 Å². The Hall–Kier alpha value is -3.81. The second-order valence-electron chi connectivity index (χ2n) is 4.73. The Labute approximate surface area is 148 Å². The maximum atomic E-state index is 11.9. The van der Waals surface area contributed by atoms with Crippen LogP contribution in [-0.2, 0) is 14.3 Å². The highest BCUT2D eigenvalue weighted by atomic mass is 16.6. The number of para-hydroxylation sites is 2. The molecule has 1 aromatic carbocycles. The van der Waals surface area contributed by atoms with Crippen molar-refractivity contribution < 1.29 is 19.2 Å². The molecule has 0 spiro atoms. The van der Waals surface area contributed by atoms with Gasteiger partial charge in [-0.05, 0) is 19.9 Å². The maximum absolute atomic E-state index is 11.9. The molecule has 11 heteroatoms. The predicted molar refractivity (Wildman–Crippen MR) is 92.3 cm³/mol. The summed E-state index contributed by atoms with van der Waals surface area (Å²) in [6.07, 6.45) is -0.123. The number of carbonyl (C=O) groups excluding carboxylic acids is 2. The largest absolute Gasteiger partial charge is 0.466 e. The zero-order valence-electron chi connectivity index (χ0n) is 14.1. The van der Waals surface area contributed by atoms with Crippen molar-refractivity contribution in [2.24, 2.45) is 10.2 Å². The third kappa shape index (κ3) is 6.36. The summed E-state index contributed by atoms with van der Waals surface area (Å²) < 4.78 is 4.73. The highest BCUT2D eigenvalue weighted by Gasteiger charge is 2.14. The lowest BCUT2D eigenvalue weighted by atomic mass is 10.3. The van der Waals surface area contributed by atoms with Gasteiger partial charge in [-0.25, -0.2) is 5.43 Å². The number of hydrogen-bond donors (Lipinski definition) is 2. The minimum Gasteiger partial charge on any atom is -0.466 e. The van der Waals surface area contributed by atoms with Crippen LogP contribution in [0.5, 0.6) is 0 Å². The molecule has 0 aliphatic rings. The Balaban J connectivity index is 2.78. The number of rotatable bonds is 8. The first kappa shape index (κ1) is 20.2. The second-order valence-corrected chi connectivity index (χ2v) is 4.73. The van der Waals surface area contributed by atoms with Crippen molar-refractivity contribution >= 4 is 34.7 Å². The van der Waals surface area contributed by atoms with E-state index in [0.717, 1.165) is 0 Å². The van der Waals surface area contributed by atoms with Gasteiger partial charge in [0.2, 0.25) is 5.71 Å². The van der Waals surface area contributed by atoms with Crippen molar-refractivity contribution in [2.45, 2.75) is 20.3 Å². The number of anilines is 1. The molecule has 0 aliphatic heterocycles. The lowest BCUT2D eigenvalue weighted by Gasteiger charge is -2.03. The molecule has 2 N–H and O–H groups in total. The molecule has 1 amide bonds. The van der Waals surface area contributed by atoms with Crippen molar-refractivity contribution in [3.05, 3.63) is 34.4 Å². The van der Waals surface area contributed by atoms with Gasteiger partial charge in [-0.15, -0.1) is 0 Å². The molecule has 136 valence electrons. The van der Waals surface area contributed by atoms with E-state index < -0.39 is 22.5 Å². The second kappa shape index (κ2) is 10.1. The van der Waals surface area contributed by atoms with E-state index in [0.29, 0.717) is 0 Å². The number of hydrazone groups is 2. The fourth-order valence-electron chi connectivity index (χ4n) is 1.63. The number of amides is 1. The van der Waals surface area contributed by atoms with E-state index in [9.17, 15) is 19.7 Å². The van der Waals surface area contributed by atoms with E-state index in [1.54, 1.807) is 13.0 Å². The number of hydrogen-bond acceptors (Lipinski definition) is 9. The molecule has 0 bridgehead atoms. The molecule has 0 radical (unpaired) electrons. The van der Waals surface area contributed by atoms with E-state index >= 15 is 0 Å². The topological polar surface area (TPSA) is 159 Å². The molecule has 11 nitrogen and oxygen atoms in total. The lowest BCUT2D eigenvalue weighted by Crippen LogP contribution is -2.28. The standard InChI is InChI=1S/C15H16N6O5/c1-3-26-14(22)8-10(2)17-20-15(23)12(9-16)19-18-11-6-4-5-7-13(11)21(24)25/h4-7,18H,3,8H2,1-2H3,(H,20,23)/b17-10-,19-12-. The van der Waals surface area contributed by atoms with Gasteiger partial charge in [-0.1, -0.05) is 12.1 Å². The average molecular weight is 360 g/mol. The first-order chi connectivity index (χ1) is 12.4. The van der Waals surface area contributed by atoms with Gasteiger partial charge in [-0.3, -0.25) is 25.1 Å². The van der Waals surface area contributed by atoms with Gasteiger partial charge in [0.25, 0.3) is 5.69 Å². The maximum Gasteiger partial charge on any atom is 0.311 e. The summed E-state index contributed by atoms with van der Waals surface area (Å²) in [4.78, 5) is 33.4. The molecule has 1 aromatic rings. The smallest absolute Gasteiger partial charge is 0.311 e. The molecular formula is C15H16N6O5. The summed E-state index contributed by atoms with van der Waals surface area (Å²) in [6.45, 7) is 3.37. The van der Waals surface area contributed by atoms with Gasteiger partial charge < -0.3 is 4.74 Å². The van der Waals surface area contributed by atoms with Crippen molar-refractivity contribution in [2.75, 3.05) is 12.0 Å². The molecule has 1 rings (SSSR count). The number of nitro groups is 1. The molecule has 0 aromatic heterocycles. The quantitative estimate of drug-likeness (QED) is 0.306. The van der Waals surface area contributed by atoms with Gasteiger partial charge in [0, 0.05) is 11.8 Å². The number of carbonyl (C=O) groups is 2. The normalized spacial score (nSPS) is 11.3. The van der Waals surface area contributed by atoms with E-state index in [2.05, 4.69) is 21.1 Å². The summed E-state index contributed by atoms with van der Waals surface area (Å²) >= 11 is 0. The minimum atomic E-state index is -0.943. The van der Waals surface area contributed by atoms with E-state index in [1.165, 1.54) is 31.2 Å². The monoisotopic (exact) mass is 360 g/mol. The molecule has 0 fully saturated rings. The summed E-state index contributed by atoms with van der Waals surface area (Å²) in [6, 6.07) is 7.16. The van der Waals surface area contributed by atoms with E-state index in [-0.39, 0.29) is 30.1 Å². The predicted octanol–water partition coefficient (Wildman–Crippen LogP) is 1.33. The van der Waals surface area contributed by atoms with Crippen LogP contribution in [0.25, 0.3) is 0 Å². The molecular weight excluding hydrogens is 344 g/mol. The van der Waals surface area contributed by atoms with Crippen molar-refractivity contribution in [3.63, 3.8) is 0 Å². The third-order valence-corrected chi connectivity index (χ3v) is 2.76. The Bertz CT molecular complexity index is 796. The van der Waals surface area contributed by atoms with Gasteiger partial charge >= 0.3 is 11.9 Å². The first-order valence-electron chi connectivity index (χ1n) is 7.35. The highest BCUT2D eigenvalue weighted by Crippen LogP contribution is 2.22. The summed E-state index contributed by atoms with van der Waals surface area (Å²) in [5.41, 5.74) is 3.78. The Morgan fingerprint density at radius 2 is 2.04 bits per heavy atom.